The summed E-state index contributed by atoms with van der Waals surface area (Å²) in [5, 5.41) is 6.33. The van der Waals surface area contributed by atoms with Gasteiger partial charge in [-0.1, -0.05) is 11.2 Å². The maximum Gasteiger partial charge on any atom is 0.294 e. The molecule has 2 rings (SSSR count). The summed E-state index contributed by atoms with van der Waals surface area (Å²) in [5.74, 6) is -0.0676. The van der Waals surface area contributed by atoms with Crippen LogP contribution in [0.15, 0.2) is 33.4 Å². The van der Waals surface area contributed by atoms with Gasteiger partial charge in [0.05, 0.1) is 11.9 Å². The zero-order valence-electron chi connectivity index (χ0n) is 9.45. The number of aromatic nitrogens is 1. The van der Waals surface area contributed by atoms with Gasteiger partial charge in [-0.25, -0.2) is 0 Å². The van der Waals surface area contributed by atoms with Crippen LogP contribution in [0.25, 0.3) is 0 Å². The number of carbonyl (C=O) groups is 1. The average molecular weight is 295 g/mol. The Kier molecular flexibility index (Phi) is 3.28. The molecule has 0 spiro atoms. The van der Waals surface area contributed by atoms with Gasteiger partial charge in [-0.3, -0.25) is 4.79 Å². The quantitative estimate of drug-likeness (QED) is 0.924. The molecule has 0 radical (unpaired) electrons. The van der Waals surface area contributed by atoms with Gasteiger partial charge >= 0.3 is 0 Å². The number of hydrogen-bond acceptors (Lipinski definition) is 3. The van der Waals surface area contributed by atoms with Crippen LogP contribution in [-0.4, -0.2) is 11.1 Å². The Morgan fingerprint density at radius 1 is 1.41 bits per heavy atom. The van der Waals surface area contributed by atoms with Crippen LogP contribution in [-0.2, 0) is 0 Å². The van der Waals surface area contributed by atoms with Crippen molar-refractivity contribution in [2.75, 3.05) is 5.32 Å². The molecule has 1 aromatic heterocycles. The molecule has 0 atom stereocenters. The van der Waals surface area contributed by atoms with Crippen LogP contribution >= 0.6 is 15.9 Å². The highest BCUT2D eigenvalue weighted by Gasteiger charge is 2.15. The highest BCUT2D eigenvalue weighted by Crippen LogP contribution is 2.24. The van der Waals surface area contributed by atoms with Gasteiger partial charge in [0.1, 0.15) is 0 Å². The van der Waals surface area contributed by atoms with Crippen molar-refractivity contribution in [2.45, 2.75) is 13.8 Å². The first-order chi connectivity index (χ1) is 8.08. The maximum absolute atomic E-state index is 11.9. The van der Waals surface area contributed by atoms with Crippen LogP contribution in [0, 0.1) is 13.8 Å². The molecular weight excluding hydrogens is 284 g/mol. The molecule has 0 aliphatic heterocycles. The third-order valence-corrected chi connectivity index (χ3v) is 2.98. The molecule has 1 heterocycles. The molecule has 1 amide bonds. The van der Waals surface area contributed by atoms with E-state index in [2.05, 4.69) is 26.4 Å². The van der Waals surface area contributed by atoms with Crippen molar-refractivity contribution >= 4 is 27.5 Å². The molecule has 88 valence electrons. The van der Waals surface area contributed by atoms with Crippen LogP contribution in [0.3, 0.4) is 0 Å². The van der Waals surface area contributed by atoms with E-state index in [9.17, 15) is 4.79 Å². The first-order valence-corrected chi connectivity index (χ1v) is 5.86. The van der Waals surface area contributed by atoms with Gasteiger partial charge in [0.25, 0.3) is 5.91 Å². The van der Waals surface area contributed by atoms with Crippen molar-refractivity contribution in [3.05, 3.63) is 45.8 Å². The first-order valence-electron chi connectivity index (χ1n) is 5.06. The fourth-order valence-electron chi connectivity index (χ4n) is 1.41. The molecule has 0 aliphatic rings. The number of aryl methyl sites for hydroxylation is 2. The SMILES string of the molecule is Cc1ccc(NC(=O)c2oncc2C)c(Br)c1. The number of halogens is 1. The number of nitrogens with zero attached hydrogens (tertiary/aromatic N) is 1. The Hall–Kier alpha value is -1.62. The summed E-state index contributed by atoms with van der Waals surface area (Å²) >= 11 is 3.40. The second kappa shape index (κ2) is 4.71. The zero-order valence-corrected chi connectivity index (χ0v) is 11.0. The van der Waals surface area contributed by atoms with Crippen molar-refractivity contribution in [3.8, 4) is 0 Å². The van der Waals surface area contributed by atoms with Crippen molar-refractivity contribution < 1.29 is 9.32 Å². The van der Waals surface area contributed by atoms with Crippen LogP contribution in [0.1, 0.15) is 21.7 Å². The largest absolute Gasteiger partial charge is 0.351 e. The molecule has 0 fully saturated rings. The van der Waals surface area contributed by atoms with Gasteiger partial charge in [-0.2, -0.15) is 0 Å². The van der Waals surface area contributed by atoms with E-state index in [1.165, 1.54) is 6.20 Å². The topological polar surface area (TPSA) is 55.1 Å². The van der Waals surface area contributed by atoms with Crippen LogP contribution in [0.5, 0.6) is 0 Å². The summed E-state index contributed by atoms with van der Waals surface area (Å²) in [6, 6.07) is 5.69. The fraction of sp³-hybridized carbons (Fsp3) is 0.167. The predicted octanol–water partition coefficient (Wildman–Crippen LogP) is 3.31. The summed E-state index contributed by atoms with van der Waals surface area (Å²) in [7, 11) is 0. The van der Waals surface area contributed by atoms with Crippen molar-refractivity contribution in [1.29, 1.82) is 0 Å². The molecular formula is C12H11BrN2O2. The molecule has 1 aromatic carbocycles. The Morgan fingerprint density at radius 2 is 2.18 bits per heavy atom. The molecule has 17 heavy (non-hydrogen) atoms. The number of anilines is 1. The van der Waals surface area contributed by atoms with Gasteiger partial charge in [0, 0.05) is 10.0 Å². The van der Waals surface area contributed by atoms with Gasteiger partial charge < -0.3 is 9.84 Å². The standard InChI is InChI=1S/C12H11BrN2O2/c1-7-3-4-10(9(13)5-7)15-12(16)11-8(2)6-14-17-11/h3-6H,1-2H3,(H,15,16). The van der Waals surface area contributed by atoms with Crippen LogP contribution in [0.4, 0.5) is 5.69 Å². The number of hydrogen-bond donors (Lipinski definition) is 1. The van der Waals surface area contributed by atoms with E-state index in [1.807, 2.05) is 25.1 Å². The van der Waals surface area contributed by atoms with Gasteiger partial charge in [0.15, 0.2) is 0 Å². The van der Waals surface area contributed by atoms with Crippen molar-refractivity contribution in [1.82, 2.24) is 5.16 Å². The number of carbonyl (C=O) groups excluding carboxylic acids is 1. The average Bonchev–Trinajstić information content (AvgIpc) is 2.68. The second-order valence-electron chi connectivity index (χ2n) is 3.78. The van der Waals surface area contributed by atoms with E-state index in [0.717, 1.165) is 10.0 Å². The zero-order chi connectivity index (χ0) is 12.4. The van der Waals surface area contributed by atoms with E-state index in [0.29, 0.717) is 11.3 Å². The normalized spacial score (nSPS) is 10.3. The van der Waals surface area contributed by atoms with Gasteiger partial charge in [-0.05, 0) is 47.5 Å². The Balaban J connectivity index is 2.22. The summed E-state index contributed by atoms with van der Waals surface area (Å²) in [5.41, 5.74) is 2.54. The minimum atomic E-state index is -0.301. The predicted molar refractivity (Wildman–Crippen MR) is 68.1 cm³/mol. The Morgan fingerprint density at radius 3 is 2.76 bits per heavy atom. The highest BCUT2D eigenvalue weighted by atomic mass is 79.9. The molecule has 5 heteroatoms. The number of amides is 1. The lowest BCUT2D eigenvalue weighted by Crippen LogP contribution is -2.12. The summed E-state index contributed by atoms with van der Waals surface area (Å²) in [6.07, 6.45) is 1.51. The van der Waals surface area contributed by atoms with Crippen molar-refractivity contribution in [2.24, 2.45) is 0 Å². The number of rotatable bonds is 2. The maximum atomic E-state index is 11.9. The third-order valence-electron chi connectivity index (χ3n) is 2.33. The summed E-state index contributed by atoms with van der Waals surface area (Å²) in [6.45, 7) is 3.76. The van der Waals surface area contributed by atoms with Gasteiger partial charge in [0.2, 0.25) is 5.76 Å². The van der Waals surface area contributed by atoms with Crippen LogP contribution < -0.4 is 5.32 Å². The molecule has 4 nitrogen and oxygen atoms in total. The van der Waals surface area contributed by atoms with E-state index in [4.69, 9.17) is 4.52 Å². The van der Waals surface area contributed by atoms with Crippen molar-refractivity contribution in [3.63, 3.8) is 0 Å². The Labute approximate surface area is 107 Å². The lowest BCUT2D eigenvalue weighted by molar-refractivity contribution is 0.0987. The van der Waals surface area contributed by atoms with E-state index >= 15 is 0 Å². The fourth-order valence-corrected chi connectivity index (χ4v) is 2.00. The van der Waals surface area contributed by atoms with E-state index in [-0.39, 0.29) is 11.7 Å². The lowest BCUT2D eigenvalue weighted by atomic mass is 10.2. The number of benzene rings is 1. The summed E-state index contributed by atoms with van der Waals surface area (Å²) < 4.78 is 5.72. The van der Waals surface area contributed by atoms with Crippen LogP contribution in [0.2, 0.25) is 0 Å². The Bertz CT molecular complexity index is 563. The molecule has 0 aliphatic carbocycles. The monoisotopic (exact) mass is 294 g/mol. The molecule has 0 unspecified atom stereocenters. The van der Waals surface area contributed by atoms with E-state index < -0.39 is 0 Å². The molecule has 0 saturated carbocycles. The minimum absolute atomic E-state index is 0.234. The molecule has 1 N–H and O–H groups in total. The smallest absolute Gasteiger partial charge is 0.294 e. The van der Waals surface area contributed by atoms with E-state index in [1.54, 1.807) is 6.92 Å². The third kappa shape index (κ3) is 2.55. The number of nitrogens with one attached hydrogen (secondary N) is 1. The molecule has 2 aromatic rings. The molecule has 0 saturated heterocycles. The highest BCUT2D eigenvalue weighted by molar-refractivity contribution is 9.10. The summed E-state index contributed by atoms with van der Waals surface area (Å²) in [4.78, 5) is 11.9. The molecule has 0 bridgehead atoms. The lowest BCUT2D eigenvalue weighted by Gasteiger charge is -2.06. The van der Waals surface area contributed by atoms with Gasteiger partial charge in [-0.15, -0.1) is 0 Å². The second-order valence-corrected chi connectivity index (χ2v) is 4.63. The minimum Gasteiger partial charge on any atom is -0.351 e. The first kappa shape index (κ1) is 11.9.